The van der Waals surface area contributed by atoms with Gasteiger partial charge in [-0.25, -0.2) is 0 Å². The fourth-order valence-electron chi connectivity index (χ4n) is 1.88. The van der Waals surface area contributed by atoms with Crippen molar-refractivity contribution < 1.29 is 0 Å². The molecule has 1 aliphatic rings. The number of hydrogen-bond acceptors (Lipinski definition) is 2. The Bertz CT molecular complexity index is 479. The summed E-state index contributed by atoms with van der Waals surface area (Å²) in [6.07, 6.45) is 0. The van der Waals surface area contributed by atoms with Gasteiger partial charge in [-0.15, -0.1) is 11.8 Å². The lowest BCUT2D eigenvalue weighted by atomic mass is 10.1. The molecule has 70 valence electrons. The molecule has 0 atom stereocenters. The highest BCUT2D eigenvalue weighted by Crippen LogP contribution is 2.36. The number of nitrogens with one attached hydrogen (secondary N) is 1. The number of rotatable bonds is 0. The molecule has 0 aromatic heterocycles. The Morgan fingerprint density at radius 1 is 1.07 bits per heavy atom. The predicted octanol–water partition coefficient (Wildman–Crippen LogP) is 3.36. The van der Waals surface area contributed by atoms with Crippen molar-refractivity contribution in [1.82, 2.24) is 0 Å². The highest BCUT2D eigenvalue weighted by molar-refractivity contribution is 7.99. The third-order valence-electron chi connectivity index (χ3n) is 2.54. The summed E-state index contributed by atoms with van der Waals surface area (Å²) in [5.74, 6) is 1.17. The molecule has 2 aromatic carbocycles. The van der Waals surface area contributed by atoms with E-state index < -0.39 is 0 Å². The van der Waals surface area contributed by atoms with E-state index in [0.29, 0.717) is 0 Å². The molecular weight excluding hydrogens is 190 g/mol. The smallest absolute Gasteiger partial charge is 0.0485 e. The summed E-state index contributed by atoms with van der Waals surface area (Å²) in [6.45, 7) is 1.08. The van der Waals surface area contributed by atoms with Gasteiger partial charge in [0, 0.05) is 22.9 Å². The molecule has 1 N–H and O–H groups in total. The van der Waals surface area contributed by atoms with E-state index in [1.807, 2.05) is 11.8 Å². The van der Waals surface area contributed by atoms with Crippen LogP contribution in [-0.4, -0.2) is 12.3 Å². The van der Waals surface area contributed by atoms with E-state index in [9.17, 15) is 0 Å². The minimum Gasteiger partial charge on any atom is -0.383 e. The zero-order valence-electron chi connectivity index (χ0n) is 7.79. The molecule has 14 heavy (non-hydrogen) atoms. The van der Waals surface area contributed by atoms with Crippen LogP contribution in [0.15, 0.2) is 41.3 Å². The van der Waals surface area contributed by atoms with Gasteiger partial charge in [0.25, 0.3) is 0 Å². The summed E-state index contributed by atoms with van der Waals surface area (Å²) in [5, 5.41) is 6.15. The van der Waals surface area contributed by atoms with Crippen molar-refractivity contribution in [3.05, 3.63) is 36.4 Å². The summed E-state index contributed by atoms with van der Waals surface area (Å²) >= 11 is 1.96. The average molecular weight is 201 g/mol. The van der Waals surface area contributed by atoms with Gasteiger partial charge in [0.1, 0.15) is 0 Å². The zero-order chi connectivity index (χ0) is 9.38. The van der Waals surface area contributed by atoms with E-state index in [1.54, 1.807) is 0 Å². The Balaban J connectivity index is 2.34. The van der Waals surface area contributed by atoms with Gasteiger partial charge in [-0.3, -0.25) is 0 Å². The molecule has 0 bridgehead atoms. The van der Waals surface area contributed by atoms with Gasteiger partial charge in [-0.2, -0.15) is 0 Å². The molecule has 0 saturated carbocycles. The molecule has 0 unspecified atom stereocenters. The Labute approximate surface area is 87.5 Å². The van der Waals surface area contributed by atoms with Gasteiger partial charge in [-0.1, -0.05) is 30.3 Å². The molecule has 1 aliphatic heterocycles. The first kappa shape index (κ1) is 8.18. The van der Waals surface area contributed by atoms with Gasteiger partial charge < -0.3 is 5.32 Å². The van der Waals surface area contributed by atoms with E-state index in [1.165, 1.54) is 27.1 Å². The van der Waals surface area contributed by atoms with Crippen LogP contribution in [0.5, 0.6) is 0 Å². The molecule has 0 aliphatic carbocycles. The number of fused-ring (bicyclic) bond motifs is 3. The van der Waals surface area contributed by atoms with E-state index in [2.05, 4.69) is 41.7 Å². The maximum Gasteiger partial charge on any atom is 0.0485 e. The van der Waals surface area contributed by atoms with E-state index in [4.69, 9.17) is 0 Å². The quantitative estimate of drug-likeness (QED) is 0.701. The molecule has 2 heteroatoms. The molecule has 0 amide bonds. The highest BCUT2D eigenvalue weighted by atomic mass is 32.2. The van der Waals surface area contributed by atoms with E-state index in [0.717, 1.165) is 6.54 Å². The number of hydrogen-bond donors (Lipinski definition) is 1. The van der Waals surface area contributed by atoms with Crippen LogP contribution in [0.1, 0.15) is 0 Å². The third kappa shape index (κ3) is 1.18. The molecule has 3 rings (SSSR count). The molecule has 0 radical (unpaired) electrons. The van der Waals surface area contributed by atoms with Crippen molar-refractivity contribution in [2.45, 2.75) is 4.90 Å². The van der Waals surface area contributed by atoms with Crippen molar-refractivity contribution in [1.29, 1.82) is 0 Å². The molecule has 1 nitrogen and oxygen atoms in total. The Morgan fingerprint density at radius 2 is 2.00 bits per heavy atom. The summed E-state index contributed by atoms with van der Waals surface area (Å²) in [4.78, 5) is 1.41. The SMILES string of the molecule is c1ccc2c3c(ccc2c1)NCCS3. The van der Waals surface area contributed by atoms with Crippen LogP contribution in [0.25, 0.3) is 10.8 Å². The first-order valence-electron chi connectivity index (χ1n) is 4.83. The summed E-state index contributed by atoms with van der Waals surface area (Å²) in [6, 6.07) is 12.9. The van der Waals surface area contributed by atoms with Gasteiger partial charge in [0.05, 0.1) is 0 Å². The first-order chi connectivity index (χ1) is 6.95. The van der Waals surface area contributed by atoms with Crippen LogP contribution in [0, 0.1) is 0 Å². The van der Waals surface area contributed by atoms with Gasteiger partial charge >= 0.3 is 0 Å². The second-order valence-electron chi connectivity index (χ2n) is 3.44. The van der Waals surface area contributed by atoms with Gasteiger partial charge in [0.2, 0.25) is 0 Å². The number of thioether (sulfide) groups is 1. The second-order valence-corrected chi connectivity index (χ2v) is 4.54. The Kier molecular flexibility index (Phi) is 1.88. The molecule has 0 spiro atoms. The lowest BCUT2D eigenvalue weighted by Gasteiger charge is -2.18. The van der Waals surface area contributed by atoms with Gasteiger partial charge in [-0.05, 0) is 16.8 Å². The standard InChI is InChI=1S/C12H11NS/c1-2-4-10-9(3-1)5-6-11-12(10)14-8-7-13-11/h1-6,13H,7-8H2. The van der Waals surface area contributed by atoms with E-state index >= 15 is 0 Å². The Morgan fingerprint density at radius 3 is 3.00 bits per heavy atom. The minimum atomic E-state index is 1.08. The maximum atomic E-state index is 3.43. The molecule has 0 saturated heterocycles. The largest absolute Gasteiger partial charge is 0.383 e. The number of benzene rings is 2. The predicted molar refractivity (Wildman–Crippen MR) is 63.2 cm³/mol. The van der Waals surface area contributed by atoms with Crippen molar-refractivity contribution in [2.75, 3.05) is 17.6 Å². The van der Waals surface area contributed by atoms with Crippen LogP contribution in [0.2, 0.25) is 0 Å². The summed E-state index contributed by atoms with van der Waals surface area (Å²) < 4.78 is 0. The molecular formula is C12H11NS. The van der Waals surface area contributed by atoms with E-state index in [-0.39, 0.29) is 0 Å². The summed E-state index contributed by atoms with van der Waals surface area (Å²) in [7, 11) is 0. The maximum absolute atomic E-state index is 3.43. The monoisotopic (exact) mass is 201 g/mol. The fourth-order valence-corrected chi connectivity index (χ4v) is 2.92. The van der Waals surface area contributed by atoms with Crippen molar-refractivity contribution >= 4 is 28.2 Å². The van der Waals surface area contributed by atoms with Crippen LogP contribution < -0.4 is 5.32 Å². The average Bonchev–Trinajstić information content (AvgIpc) is 2.29. The van der Waals surface area contributed by atoms with Crippen LogP contribution in [-0.2, 0) is 0 Å². The van der Waals surface area contributed by atoms with Crippen molar-refractivity contribution in [2.24, 2.45) is 0 Å². The minimum absolute atomic E-state index is 1.08. The van der Waals surface area contributed by atoms with Crippen molar-refractivity contribution in [3.63, 3.8) is 0 Å². The normalized spacial score (nSPS) is 14.9. The van der Waals surface area contributed by atoms with Crippen LogP contribution >= 0.6 is 11.8 Å². The molecule has 1 heterocycles. The van der Waals surface area contributed by atoms with Gasteiger partial charge in [0.15, 0.2) is 0 Å². The van der Waals surface area contributed by atoms with Crippen molar-refractivity contribution in [3.8, 4) is 0 Å². The first-order valence-corrected chi connectivity index (χ1v) is 5.82. The molecule has 0 fully saturated rings. The highest BCUT2D eigenvalue weighted by Gasteiger charge is 2.11. The zero-order valence-corrected chi connectivity index (χ0v) is 8.60. The molecule has 2 aromatic rings. The lowest BCUT2D eigenvalue weighted by molar-refractivity contribution is 1.18. The lowest BCUT2D eigenvalue weighted by Crippen LogP contribution is -2.09. The van der Waals surface area contributed by atoms with Crippen LogP contribution in [0.4, 0.5) is 5.69 Å². The Hall–Kier alpha value is -1.15. The van der Waals surface area contributed by atoms with Crippen LogP contribution in [0.3, 0.4) is 0 Å². The third-order valence-corrected chi connectivity index (χ3v) is 3.68. The number of anilines is 1. The fraction of sp³-hybridized carbons (Fsp3) is 0.167. The topological polar surface area (TPSA) is 12.0 Å². The second kappa shape index (κ2) is 3.21. The summed E-state index contributed by atoms with van der Waals surface area (Å²) in [5.41, 5.74) is 1.29.